The van der Waals surface area contributed by atoms with Crippen molar-refractivity contribution in [3.05, 3.63) is 28.8 Å². The highest BCUT2D eigenvalue weighted by molar-refractivity contribution is 6.31. The fourth-order valence-electron chi connectivity index (χ4n) is 1.66. The molecule has 0 N–H and O–H groups in total. The maximum absolute atomic E-state index is 6.30. The first kappa shape index (κ1) is 17.3. The maximum atomic E-state index is 6.30. The van der Waals surface area contributed by atoms with E-state index in [1.54, 1.807) is 0 Å². The highest BCUT2D eigenvalue weighted by atomic mass is 35.5. The van der Waals surface area contributed by atoms with Gasteiger partial charge in [-0.1, -0.05) is 45.4 Å². The fourth-order valence-corrected chi connectivity index (χ4v) is 1.91. The summed E-state index contributed by atoms with van der Waals surface area (Å²) < 4.78 is 0. The predicted molar refractivity (Wildman–Crippen MR) is 84.9 cm³/mol. The molecule has 1 aromatic rings. The zero-order chi connectivity index (χ0) is 14.3. The lowest BCUT2D eigenvalue weighted by Gasteiger charge is -2.24. The van der Waals surface area contributed by atoms with Crippen molar-refractivity contribution in [2.45, 2.75) is 54.0 Å². The van der Waals surface area contributed by atoms with Gasteiger partial charge < -0.3 is 4.90 Å². The van der Waals surface area contributed by atoms with E-state index in [9.17, 15) is 0 Å². The molecule has 0 aliphatic heterocycles. The standard InChI is InChI=1S/C14H22ClN.C2H6/c1-10(2)8-12-6-7-13(9-14(12)15)16(5)11(3)4;1-2/h6-7,9-11H,8H2,1-5H3;1-2H3. The van der Waals surface area contributed by atoms with Gasteiger partial charge >= 0.3 is 0 Å². The molecule has 1 nitrogen and oxygen atoms in total. The Morgan fingerprint density at radius 3 is 2.06 bits per heavy atom. The Morgan fingerprint density at radius 1 is 1.11 bits per heavy atom. The van der Waals surface area contributed by atoms with Gasteiger partial charge in [-0.2, -0.15) is 0 Å². The van der Waals surface area contributed by atoms with Crippen molar-refractivity contribution < 1.29 is 0 Å². The van der Waals surface area contributed by atoms with E-state index < -0.39 is 0 Å². The zero-order valence-corrected chi connectivity index (χ0v) is 13.7. The Labute approximate surface area is 118 Å². The van der Waals surface area contributed by atoms with Crippen molar-refractivity contribution >= 4 is 17.3 Å². The van der Waals surface area contributed by atoms with Crippen LogP contribution in [0.1, 0.15) is 47.1 Å². The minimum atomic E-state index is 0.493. The zero-order valence-electron chi connectivity index (χ0n) is 12.9. The van der Waals surface area contributed by atoms with Gasteiger partial charge in [0, 0.05) is 23.8 Å². The molecule has 0 aliphatic carbocycles. The summed E-state index contributed by atoms with van der Waals surface area (Å²) in [5.74, 6) is 0.645. The number of hydrogen-bond donors (Lipinski definition) is 0. The van der Waals surface area contributed by atoms with Crippen LogP contribution in [0.15, 0.2) is 18.2 Å². The lowest BCUT2D eigenvalue weighted by atomic mass is 10.0. The van der Waals surface area contributed by atoms with Gasteiger partial charge in [0.25, 0.3) is 0 Å². The van der Waals surface area contributed by atoms with Crippen molar-refractivity contribution in [2.75, 3.05) is 11.9 Å². The molecule has 0 amide bonds. The van der Waals surface area contributed by atoms with E-state index in [2.05, 4.69) is 57.8 Å². The van der Waals surface area contributed by atoms with Gasteiger partial charge in [0.2, 0.25) is 0 Å². The van der Waals surface area contributed by atoms with Gasteiger partial charge in [0.15, 0.2) is 0 Å². The van der Waals surface area contributed by atoms with Crippen molar-refractivity contribution in [3.8, 4) is 0 Å². The number of nitrogens with zero attached hydrogens (tertiary/aromatic N) is 1. The first-order valence-corrected chi connectivity index (χ1v) is 7.31. The van der Waals surface area contributed by atoms with Crippen LogP contribution in [0.5, 0.6) is 0 Å². The molecule has 2 heteroatoms. The van der Waals surface area contributed by atoms with E-state index in [1.807, 2.05) is 13.8 Å². The maximum Gasteiger partial charge on any atom is 0.0458 e. The van der Waals surface area contributed by atoms with Gasteiger partial charge in [-0.15, -0.1) is 0 Å². The topological polar surface area (TPSA) is 3.24 Å². The van der Waals surface area contributed by atoms with Crippen LogP contribution in [0.25, 0.3) is 0 Å². The van der Waals surface area contributed by atoms with E-state index in [4.69, 9.17) is 11.6 Å². The molecule has 18 heavy (non-hydrogen) atoms. The molecule has 0 aromatic heterocycles. The van der Waals surface area contributed by atoms with Gasteiger partial charge in [-0.05, 0) is 43.9 Å². The summed E-state index contributed by atoms with van der Waals surface area (Å²) in [6.45, 7) is 12.8. The Balaban J connectivity index is 0.00000137. The third-order valence-corrected chi connectivity index (χ3v) is 3.20. The lowest BCUT2D eigenvalue weighted by molar-refractivity contribution is 0.647. The summed E-state index contributed by atoms with van der Waals surface area (Å²) in [5.41, 5.74) is 2.44. The van der Waals surface area contributed by atoms with Gasteiger partial charge in [0.1, 0.15) is 0 Å². The second-order valence-electron chi connectivity index (χ2n) is 5.08. The van der Waals surface area contributed by atoms with Crippen LogP contribution in [-0.4, -0.2) is 13.1 Å². The van der Waals surface area contributed by atoms with Crippen molar-refractivity contribution in [1.29, 1.82) is 0 Å². The van der Waals surface area contributed by atoms with Crippen LogP contribution < -0.4 is 4.90 Å². The molecule has 1 aromatic carbocycles. The van der Waals surface area contributed by atoms with Crippen molar-refractivity contribution in [1.82, 2.24) is 0 Å². The molecular weight excluding hydrogens is 242 g/mol. The highest BCUT2D eigenvalue weighted by Crippen LogP contribution is 2.25. The largest absolute Gasteiger partial charge is 0.372 e. The molecule has 1 rings (SSSR count). The minimum Gasteiger partial charge on any atom is -0.372 e. The number of anilines is 1. The molecule has 104 valence electrons. The van der Waals surface area contributed by atoms with E-state index in [0.717, 1.165) is 11.4 Å². The first-order chi connectivity index (χ1) is 8.41. The molecular formula is C16H28ClN. The molecule has 0 atom stereocenters. The van der Waals surface area contributed by atoms with Gasteiger partial charge in [0.05, 0.1) is 0 Å². The van der Waals surface area contributed by atoms with Gasteiger partial charge in [-0.3, -0.25) is 0 Å². The van der Waals surface area contributed by atoms with E-state index in [0.29, 0.717) is 12.0 Å². The average molecular weight is 270 g/mol. The Kier molecular flexibility index (Phi) is 8.10. The van der Waals surface area contributed by atoms with Crippen LogP contribution in [0.2, 0.25) is 5.02 Å². The second kappa shape index (κ2) is 8.42. The molecule has 0 spiro atoms. The Morgan fingerprint density at radius 2 is 1.67 bits per heavy atom. The summed E-state index contributed by atoms with van der Waals surface area (Å²) >= 11 is 6.30. The monoisotopic (exact) mass is 269 g/mol. The molecule has 0 fully saturated rings. The van der Waals surface area contributed by atoms with Crippen LogP contribution in [0.4, 0.5) is 5.69 Å². The number of benzene rings is 1. The Hall–Kier alpha value is -0.690. The Bertz CT molecular complexity index is 345. The van der Waals surface area contributed by atoms with E-state index >= 15 is 0 Å². The van der Waals surface area contributed by atoms with E-state index in [1.165, 1.54) is 11.3 Å². The SMILES string of the molecule is CC.CC(C)Cc1ccc(N(C)C(C)C)cc1Cl. The van der Waals surface area contributed by atoms with E-state index in [-0.39, 0.29) is 0 Å². The smallest absolute Gasteiger partial charge is 0.0458 e. The number of hydrogen-bond acceptors (Lipinski definition) is 1. The molecule has 0 radical (unpaired) electrons. The van der Waals surface area contributed by atoms with Crippen LogP contribution in [-0.2, 0) is 6.42 Å². The van der Waals surface area contributed by atoms with Crippen LogP contribution >= 0.6 is 11.6 Å². The van der Waals surface area contributed by atoms with Crippen LogP contribution in [0, 0.1) is 5.92 Å². The molecule has 0 unspecified atom stereocenters. The third-order valence-electron chi connectivity index (χ3n) is 2.85. The molecule has 0 bridgehead atoms. The minimum absolute atomic E-state index is 0.493. The van der Waals surface area contributed by atoms with Crippen molar-refractivity contribution in [2.24, 2.45) is 5.92 Å². The summed E-state index contributed by atoms with van der Waals surface area (Å²) in [4.78, 5) is 2.23. The van der Waals surface area contributed by atoms with Crippen molar-refractivity contribution in [3.63, 3.8) is 0 Å². The second-order valence-corrected chi connectivity index (χ2v) is 5.49. The van der Waals surface area contributed by atoms with Gasteiger partial charge in [-0.25, -0.2) is 0 Å². The lowest BCUT2D eigenvalue weighted by Crippen LogP contribution is -2.25. The molecule has 0 heterocycles. The summed E-state index contributed by atoms with van der Waals surface area (Å²) in [6, 6.07) is 6.87. The number of halogens is 1. The normalized spacial score (nSPS) is 10.3. The third kappa shape index (κ3) is 5.30. The highest BCUT2D eigenvalue weighted by Gasteiger charge is 2.08. The first-order valence-electron chi connectivity index (χ1n) is 6.93. The number of rotatable bonds is 4. The fraction of sp³-hybridized carbons (Fsp3) is 0.625. The quantitative estimate of drug-likeness (QED) is 0.706. The summed E-state index contributed by atoms with van der Waals surface area (Å²) in [5, 5.41) is 0.888. The predicted octanol–water partition coefficient (Wildman–Crippen LogP) is 5.41. The summed E-state index contributed by atoms with van der Waals surface area (Å²) in [7, 11) is 2.10. The molecule has 0 saturated heterocycles. The summed E-state index contributed by atoms with van der Waals surface area (Å²) in [6.07, 6.45) is 1.05. The van der Waals surface area contributed by atoms with Crippen LogP contribution in [0.3, 0.4) is 0 Å². The molecule has 0 aliphatic rings. The molecule has 0 saturated carbocycles. The average Bonchev–Trinajstić information content (AvgIpc) is 2.32.